The van der Waals surface area contributed by atoms with Crippen molar-refractivity contribution in [1.82, 2.24) is 14.8 Å². The zero-order valence-electron chi connectivity index (χ0n) is 13.3. The molecule has 23 heavy (non-hydrogen) atoms. The lowest BCUT2D eigenvalue weighted by Crippen LogP contribution is -2.21. The minimum absolute atomic E-state index is 0.290. The average molecular weight is 316 g/mol. The second-order valence-electron chi connectivity index (χ2n) is 5.50. The van der Waals surface area contributed by atoms with Crippen molar-refractivity contribution in [3.05, 3.63) is 35.8 Å². The quantitative estimate of drug-likeness (QED) is 0.873. The topological polar surface area (TPSA) is 78.3 Å². The molecule has 0 atom stereocenters. The van der Waals surface area contributed by atoms with E-state index in [1.54, 1.807) is 18.5 Å². The minimum Gasteiger partial charge on any atom is -0.465 e. The van der Waals surface area contributed by atoms with Gasteiger partial charge in [-0.1, -0.05) is 0 Å². The van der Waals surface area contributed by atoms with Gasteiger partial charge in [0.15, 0.2) is 0 Å². The van der Waals surface area contributed by atoms with Crippen LogP contribution in [0.5, 0.6) is 0 Å². The molecule has 122 valence electrons. The Bertz CT molecular complexity index is 692. The number of hydrogen-bond donors (Lipinski definition) is 1. The average Bonchev–Trinajstić information content (AvgIpc) is 2.96. The second kappa shape index (κ2) is 6.78. The van der Waals surface area contributed by atoms with Gasteiger partial charge in [-0.2, -0.15) is 5.10 Å². The molecule has 1 saturated heterocycles. The lowest BCUT2D eigenvalue weighted by Gasteiger charge is -2.24. The van der Waals surface area contributed by atoms with Crippen molar-refractivity contribution in [3.63, 3.8) is 0 Å². The van der Waals surface area contributed by atoms with Crippen molar-refractivity contribution in [2.45, 2.75) is 25.8 Å². The standard InChI is InChI=1S/C16H20N4O3/c1-11-9-15(20(19-11)12-4-7-23-8-5-12)18-14-10-17-6-3-13(14)16(21)22-2/h3,6,9-10,12,18H,4-5,7-8H2,1-2H3. The molecule has 0 saturated carbocycles. The van der Waals surface area contributed by atoms with E-state index in [9.17, 15) is 4.79 Å². The molecule has 0 spiro atoms. The monoisotopic (exact) mass is 316 g/mol. The van der Waals surface area contributed by atoms with E-state index in [0.717, 1.165) is 37.6 Å². The van der Waals surface area contributed by atoms with Crippen LogP contribution in [0.3, 0.4) is 0 Å². The molecule has 0 bridgehead atoms. The Hall–Kier alpha value is -2.41. The predicted molar refractivity (Wildman–Crippen MR) is 84.9 cm³/mol. The Kier molecular flexibility index (Phi) is 4.57. The Morgan fingerprint density at radius 3 is 2.96 bits per heavy atom. The number of hydrogen-bond acceptors (Lipinski definition) is 6. The van der Waals surface area contributed by atoms with Gasteiger partial charge in [-0.25, -0.2) is 9.48 Å². The molecular formula is C16H20N4O3. The van der Waals surface area contributed by atoms with Crippen molar-refractivity contribution < 1.29 is 14.3 Å². The number of aryl methyl sites for hydroxylation is 1. The maximum absolute atomic E-state index is 11.9. The molecule has 1 aliphatic rings. The summed E-state index contributed by atoms with van der Waals surface area (Å²) < 4.78 is 12.2. The van der Waals surface area contributed by atoms with Gasteiger partial charge in [0.2, 0.25) is 0 Å². The molecule has 0 unspecified atom stereocenters. The number of nitrogens with zero attached hydrogens (tertiary/aromatic N) is 3. The van der Waals surface area contributed by atoms with Crippen LogP contribution in [-0.2, 0) is 9.47 Å². The van der Waals surface area contributed by atoms with E-state index in [4.69, 9.17) is 9.47 Å². The molecular weight excluding hydrogens is 296 g/mol. The molecule has 7 heteroatoms. The number of aromatic nitrogens is 3. The lowest BCUT2D eigenvalue weighted by atomic mass is 10.1. The van der Waals surface area contributed by atoms with E-state index < -0.39 is 5.97 Å². The van der Waals surface area contributed by atoms with E-state index in [0.29, 0.717) is 11.3 Å². The Balaban J connectivity index is 1.90. The van der Waals surface area contributed by atoms with E-state index in [2.05, 4.69) is 15.4 Å². The molecule has 2 aromatic heterocycles. The van der Waals surface area contributed by atoms with E-state index in [-0.39, 0.29) is 6.04 Å². The van der Waals surface area contributed by atoms with Crippen LogP contribution in [0.4, 0.5) is 11.5 Å². The number of anilines is 2. The highest BCUT2D eigenvalue weighted by Gasteiger charge is 2.21. The molecule has 0 aliphatic carbocycles. The smallest absolute Gasteiger partial charge is 0.340 e. The van der Waals surface area contributed by atoms with Crippen LogP contribution in [0, 0.1) is 6.92 Å². The maximum Gasteiger partial charge on any atom is 0.340 e. The van der Waals surface area contributed by atoms with Crippen LogP contribution in [0.1, 0.15) is 34.9 Å². The SMILES string of the molecule is COC(=O)c1ccncc1Nc1cc(C)nn1C1CCOCC1. The van der Waals surface area contributed by atoms with Crippen LogP contribution >= 0.6 is 0 Å². The third kappa shape index (κ3) is 3.34. The summed E-state index contributed by atoms with van der Waals surface area (Å²) in [6, 6.07) is 3.89. The van der Waals surface area contributed by atoms with Crippen LogP contribution in [0.15, 0.2) is 24.5 Å². The molecule has 0 radical (unpaired) electrons. The second-order valence-corrected chi connectivity index (χ2v) is 5.50. The first-order chi connectivity index (χ1) is 11.2. The van der Waals surface area contributed by atoms with Crippen molar-refractivity contribution in [2.75, 3.05) is 25.6 Å². The molecule has 1 aliphatic heterocycles. The summed E-state index contributed by atoms with van der Waals surface area (Å²) in [4.78, 5) is 16.0. The third-order valence-electron chi connectivity index (χ3n) is 3.88. The molecule has 3 heterocycles. The van der Waals surface area contributed by atoms with Gasteiger partial charge in [0.1, 0.15) is 5.82 Å². The number of carbonyl (C=O) groups is 1. The number of ether oxygens (including phenoxy) is 2. The van der Waals surface area contributed by atoms with Crippen LogP contribution in [-0.4, -0.2) is 41.1 Å². The van der Waals surface area contributed by atoms with E-state index >= 15 is 0 Å². The fourth-order valence-electron chi connectivity index (χ4n) is 2.74. The van der Waals surface area contributed by atoms with Gasteiger partial charge < -0.3 is 14.8 Å². The van der Waals surface area contributed by atoms with Crippen LogP contribution in [0.25, 0.3) is 0 Å². The summed E-state index contributed by atoms with van der Waals surface area (Å²) in [5.74, 6) is 0.441. The first-order valence-corrected chi connectivity index (χ1v) is 7.62. The molecule has 0 amide bonds. The van der Waals surface area contributed by atoms with Crippen molar-refractivity contribution >= 4 is 17.5 Å². The van der Waals surface area contributed by atoms with Gasteiger partial charge in [0.05, 0.1) is 36.3 Å². The number of pyridine rings is 1. The third-order valence-corrected chi connectivity index (χ3v) is 3.88. The van der Waals surface area contributed by atoms with Crippen LogP contribution < -0.4 is 5.32 Å². The fourth-order valence-corrected chi connectivity index (χ4v) is 2.74. The Morgan fingerprint density at radius 2 is 2.22 bits per heavy atom. The van der Waals surface area contributed by atoms with Gasteiger partial charge in [0.25, 0.3) is 0 Å². The molecule has 2 aromatic rings. The first kappa shape index (κ1) is 15.5. The highest BCUT2D eigenvalue weighted by Crippen LogP contribution is 2.28. The summed E-state index contributed by atoms with van der Waals surface area (Å²) in [5.41, 5.74) is 1.97. The first-order valence-electron chi connectivity index (χ1n) is 7.62. The largest absolute Gasteiger partial charge is 0.465 e. The predicted octanol–water partition coefficient (Wildman–Crippen LogP) is 2.47. The van der Waals surface area contributed by atoms with Crippen molar-refractivity contribution in [3.8, 4) is 0 Å². The Morgan fingerprint density at radius 1 is 1.43 bits per heavy atom. The lowest BCUT2D eigenvalue weighted by molar-refractivity contribution is 0.0602. The molecule has 0 aromatic carbocycles. The van der Waals surface area contributed by atoms with Crippen molar-refractivity contribution in [1.29, 1.82) is 0 Å². The highest BCUT2D eigenvalue weighted by molar-refractivity contribution is 5.96. The van der Waals surface area contributed by atoms with E-state index in [1.807, 2.05) is 17.7 Å². The number of esters is 1. The zero-order valence-corrected chi connectivity index (χ0v) is 13.3. The van der Waals surface area contributed by atoms with Gasteiger partial charge in [-0.15, -0.1) is 0 Å². The summed E-state index contributed by atoms with van der Waals surface area (Å²) >= 11 is 0. The van der Waals surface area contributed by atoms with Crippen molar-refractivity contribution in [2.24, 2.45) is 0 Å². The number of rotatable bonds is 4. The molecule has 3 rings (SSSR count). The molecule has 1 N–H and O–H groups in total. The fraction of sp³-hybridized carbons (Fsp3) is 0.438. The minimum atomic E-state index is -0.399. The van der Waals surface area contributed by atoms with Gasteiger partial charge in [-0.3, -0.25) is 4.98 Å². The summed E-state index contributed by atoms with van der Waals surface area (Å²) in [6.45, 7) is 3.43. The summed E-state index contributed by atoms with van der Waals surface area (Å²) in [5, 5.41) is 7.86. The highest BCUT2D eigenvalue weighted by atomic mass is 16.5. The molecule has 7 nitrogen and oxygen atoms in total. The zero-order chi connectivity index (χ0) is 16.2. The number of nitrogens with one attached hydrogen (secondary N) is 1. The summed E-state index contributed by atoms with van der Waals surface area (Å²) in [6.07, 6.45) is 5.03. The number of carbonyl (C=O) groups excluding carboxylic acids is 1. The molecule has 1 fully saturated rings. The number of methoxy groups -OCH3 is 1. The Labute approximate surface area is 134 Å². The van der Waals surface area contributed by atoms with Gasteiger partial charge in [0, 0.05) is 25.5 Å². The van der Waals surface area contributed by atoms with E-state index in [1.165, 1.54) is 7.11 Å². The normalized spacial score (nSPS) is 15.4. The maximum atomic E-state index is 11.9. The van der Waals surface area contributed by atoms with Gasteiger partial charge in [-0.05, 0) is 25.8 Å². The summed E-state index contributed by atoms with van der Waals surface area (Å²) in [7, 11) is 1.36. The van der Waals surface area contributed by atoms with Crippen LogP contribution in [0.2, 0.25) is 0 Å². The van der Waals surface area contributed by atoms with Gasteiger partial charge >= 0.3 is 5.97 Å².